The first-order valence-corrected chi connectivity index (χ1v) is 7.46. The molecule has 17 heavy (non-hydrogen) atoms. The lowest BCUT2D eigenvalue weighted by atomic mass is 9.69. The number of nitrogens with zero attached hydrogens (tertiary/aromatic N) is 1. The van der Waals surface area contributed by atoms with Crippen LogP contribution in [0.3, 0.4) is 0 Å². The van der Waals surface area contributed by atoms with E-state index in [-0.39, 0.29) is 0 Å². The van der Waals surface area contributed by atoms with Gasteiger partial charge in [0.25, 0.3) is 0 Å². The molecule has 0 N–H and O–H groups in total. The van der Waals surface area contributed by atoms with Gasteiger partial charge < -0.3 is 0 Å². The van der Waals surface area contributed by atoms with Crippen LogP contribution in [0.15, 0.2) is 12.7 Å². The minimum atomic E-state index is 0.470. The van der Waals surface area contributed by atoms with E-state index < -0.39 is 0 Å². The van der Waals surface area contributed by atoms with Crippen molar-refractivity contribution in [2.45, 2.75) is 88.3 Å². The maximum absolute atomic E-state index is 4.03. The predicted octanol–water partition coefficient (Wildman–Crippen LogP) is 4.28. The molecule has 0 radical (unpaired) electrons. The minimum absolute atomic E-state index is 0.470. The van der Waals surface area contributed by atoms with Crippen LogP contribution in [0, 0.1) is 0 Å². The molecule has 0 spiro atoms. The van der Waals surface area contributed by atoms with E-state index in [0.717, 1.165) is 0 Å². The van der Waals surface area contributed by atoms with Crippen LogP contribution in [-0.4, -0.2) is 21.5 Å². The zero-order chi connectivity index (χ0) is 12.1. The topological polar surface area (TPSA) is 3.24 Å². The summed E-state index contributed by atoms with van der Waals surface area (Å²) in [5.74, 6) is 0. The van der Waals surface area contributed by atoms with E-state index in [2.05, 4.69) is 31.4 Å². The Labute approximate surface area is 106 Å². The molecule has 2 unspecified atom stereocenters. The van der Waals surface area contributed by atoms with Crippen LogP contribution in [0.2, 0.25) is 0 Å². The Bertz CT molecular complexity index is 310. The molecule has 0 aromatic carbocycles. The Kier molecular flexibility index (Phi) is 2.49. The minimum Gasteiger partial charge on any atom is -0.287 e. The van der Waals surface area contributed by atoms with Crippen molar-refractivity contribution in [3.63, 3.8) is 0 Å². The Balaban J connectivity index is 2.04. The number of piperidine rings is 2. The van der Waals surface area contributed by atoms with Gasteiger partial charge >= 0.3 is 0 Å². The van der Waals surface area contributed by atoms with E-state index in [1.54, 1.807) is 0 Å². The van der Waals surface area contributed by atoms with Gasteiger partial charge in [0.1, 0.15) is 0 Å². The van der Waals surface area contributed by atoms with E-state index in [9.17, 15) is 0 Å². The van der Waals surface area contributed by atoms with Gasteiger partial charge in [0.15, 0.2) is 0 Å². The molecule has 96 valence electrons. The summed E-state index contributed by atoms with van der Waals surface area (Å²) in [4.78, 5) is 2.97. The van der Waals surface area contributed by atoms with Crippen molar-refractivity contribution >= 4 is 0 Å². The van der Waals surface area contributed by atoms with Crippen molar-refractivity contribution in [2.24, 2.45) is 0 Å². The van der Waals surface area contributed by atoms with Gasteiger partial charge in [0.05, 0.1) is 0 Å². The lowest BCUT2D eigenvalue weighted by molar-refractivity contribution is -0.114. The monoisotopic (exact) mass is 233 g/mol. The molecule has 0 aromatic rings. The van der Waals surface area contributed by atoms with Crippen molar-refractivity contribution < 1.29 is 0 Å². The second kappa shape index (κ2) is 3.60. The first-order valence-electron chi connectivity index (χ1n) is 7.46. The fourth-order valence-corrected chi connectivity index (χ4v) is 5.54. The van der Waals surface area contributed by atoms with Gasteiger partial charge in [-0.05, 0) is 71.6 Å². The van der Waals surface area contributed by atoms with Crippen LogP contribution < -0.4 is 0 Å². The van der Waals surface area contributed by atoms with Crippen LogP contribution in [0.5, 0.6) is 0 Å². The Morgan fingerprint density at radius 2 is 1.47 bits per heavy atom. The lowest BCUT2D eigenvalue weighted by Crippen LogP contribution is -2.67. The zero-order valence-corrected chi connectivity index (χ0v) is 11.6. The fourth-order valence-electron chi connectivity index (χ4n) is 5.54. The molecule has 0 bridgehead atoms. The Morgan fingerprint density at radius 1 is 0.941 bits per heavy atom. The number of hydrogen-bond donors (Lipinski definition) is 0. The standard InChI is InChI=1S/C16H27N/c1-4-7-16-10-5-8-14(2)12-13-15(3,17(14)16)9-6-11-16/h4H,1,5-13H2,2-3H3. The first kappa shape index (κ1) is 11.8. The van der Waals surface area contributed by atoms with Gasteiger partial charge in [-0.15, -0.1) is 6.58 Å². The Hall–Kier alpha value is -0.300. The summed E-state index contributed by atoms with van der Waals surface area (Å²) < 4.78 is 0. The third-order valence-corrected chi connectivity index (χ3v) is 6.00. The molecule has 0 aliphatic carbocycles. The van der Waals surface area contributed by atoms with Crippen molar-refractivity contribution in [3.8, 4) is 0 Å². The summed E-state index contributed by atoms with van der Waals surface area (Å²) in [5.41, 5.74) is 1.46. The molecule has 3 aliphatic rings. The molecule has 1 heteroatoms. The summed E-state index contributed by atoms with van der Waals surface area (Å²) in [6.45, 7) is 9.09. The molecule has 3 saturated heterocycles. The highest BCUT2D eigenvalue weighted by molar-refractivity contribution is 5.17. The highest BCUT2D eigenvalue weighted by Gasteiger charge is 2.60. The van der Waals surface area contributed by atoms with E-state index in [1.165, 1.54) is 57.8 Å². The van der Waals surface area contributed by atoms with E-state index >= 15 is 0 Å². The van der Waals surface area contributed by atoms with Crippen molar-refractivity contribution in [3.05, 3.63) is 12.7 Å². The maximum atomic E-state index is 4.03. The Morgan fingerprint density at radius 3 is 1.94 bits per heavy atom. The average Bonchev–Trinajstić information content (AvgIpc) is 2.54. The third-order valence-electron chi connectivity index (χ3n) is 6.00. The maximum Gasteiger partial charge on any atom is 0.0254 e. The molecular formula is C16H27N. The van der Waals surface area contributed by atoms with Crippen LogP contribution >= 0.6 is 0 Å². The van der Waals surface area contributed by atoms with Crippen LogP contribution in [0.25, 0.3) is 0 Å². The molecule has 0 amide bonds. The molecule has 3 heterocycles. The van der Waals surface area contributed by atoms with Gasteiger partial charge in [-0.3, -0.25) is 4.90 Å². The third kappa shape index (κ3) is 1.47. The summed E-state index contributed by atoms with van der Waals surface area (Å²) in [5, 5.41) is 0. The second-order valence-corrected chi connectivity index (χ2v) is 7.25. The molecule has 3 rings (SSSR count). The average molecular weight is 233 g/mol. The molecule has 3 aliphatic heterocycles. The van der Waals surface area contributed by atoms with Crippen molar-refractivity contribution in [1.82, 2.24) is 4.90 Å². The smallest absolute Gasteiger partial charge is 0.0254 e. The summed E-state index contributed by atoms with van der Waals surface area (Å²) >= 11 is 0. The molecule has 0 aromatic heterocycles. The highest BCUT2D eigenvalue weighted by Crippen LogP contribution is 2.58. The molecule has 3 fully saturated rings. The van der Waals surface area contributed by atoms with Crippen LogP contribution in [0.1, 0.15) is 71.6 Å². The van der Waals surface area contributed by atoms with Crippen LogP contribution in [0.4, 0.5) is 0 Å². The lowest BCUT2D eigenvalue weighted by Gasteiger charge is -2.62. The van der Waals surface area contributed by atoms with Gasteiger partial charge in [-0.1, -0.05) is 6.08 Å². The molecular weight excluding hydrogens is 206 g/mol. The van der Waals surface area contributed by atoms with Gasteiger partial charge in [-0.2, -0.15) is 0 Å². The molecule has 0 saturated carbocycles. The molecule has 2 atom stereocenters. The predicted molar refractivity (Wildman–Crippen MR) is 73.1 cm³/mol. The van der Waals surface area contributed by atoms with E-state index in [4.69, 9.17) is 0 Å². The second-order valence-electron chi connectivity index (χ2n) is 7.25. The summed E-state index contributed by atoms with van der Waals surface area (Å²) in [7, 11) is 0. The zero-order valence-electron chi connectivity index (χ0n) is 11.6. The van der Waals surface area contributed by atoms with Crippen molar-refractivity contribution in [2.75, 3.05) is 0 Å². The normalized spacial score (nSPS) is 50.0. The quantitative estimate of drug-likeness (QED) is 0.643. The number of hydrogen-bond acceptors (Lipinski definition) is 1. The summed E-state index contributed by atoms with van der Waals surface area (Å²) in [6, 6.07) is 0. The van der Waals surface area contributed by atoms with Crippen LogP contribution in [-0.2, 0) is 0 Å². The summed E-state index contributed by atoms with van der Waals surface area (Å²) in [6.07, 6.45) is 14.7. The van der Waals surface area contributed by atoms with Gasteiger partial charge in [-0.25, -0.2) is 0 Å². The van der Waals surface area contributed by atoms with Crippen molar-refractivity contribution in [1.29, 1.82) is 0 Å². The highest BCUT2D eigenvalue weighted by atomic mass is 15.3. The van der Waals surface area contributed by atoms with Gasteiger partial charge in [0.2, 0.25) is 0 Å². The fraction of sp³-hybridized carbons (Fsp3) is 0.875. The number of rotatable bonds is 2. The largest absolute Gasteiger partial charge is 0.287 e. The van der Waals surface area contributed by atoms with Gasteiger partial charge in [0, 0.05) is 16.6 Å². The van der Waals surface area contributed by atoms with E-state index in [0.29, 0.717) is 16.6 Å². The SMILES string of the molecule is C=CCC12CCCC3(C)CCC(C)(CCC1)N32. The van der Waals surface area contributed by atoms with E-state index in [1.807, 2.05) is 0 Å². The molecule has 1 nitrogen and oxygen atoms in total. The first-order chi connectivity index (χ1) is 8.05.